The minimum atomic E-state index is -0.475. The largest absolute Gasteiger partial charge is 0.491 e. The predicted molar refractivity (Wildman–Crippen MR) is 64.4 cm³/mol. The highest BCUT2D eigenvalue weighted by Gasteiger charge is 2.25. The number of carbonyl (C=O) groups is 1. The Kier molecular flexibility index (Phi) is 3.22. The fourth-order valence-corrected chi connectivity index (χ4v) is 1.51. The van der Waals surface area contributed by atoms with E-state index < -0.39 is 5.91 Å². The van der Waals surface area contributed by atoms with Gasteiger partial charge in [0.05, 0.1) is 17.8 Å². The Morgan fingerprint density at radius 1 is 1.41 bits per heavy atom. The summed E-state index contributed by atoms with van der Waals surface area (Å²) in [6.45, 7) is 3.90. The molecule has 0 bridgehead atoms. The van der Waals surface area contributed by atoms with Crippen molar-refractivity contribution >= 4 is 5.91 Å². The molecule has 17 heavy (non-hydrogen) atoms. The Bertz CT molecular complexity index is 425. The van der Waals surface area contributed by atoms with Crippen molar-refractivity contribution in [1.82, 2.24) is 0 Å². The van der Waals surface area contributed by atoms with E-state index >= 15 is 0 Å². The summed E-state index contributed by atoms with van der Waals surface area (Å²) < 4.78 is 11.2. The van der Waals surface area contributed by atoms with Gasteiger partial charge in [0, 0.05) is 6.07 Å². The fraction of sp³-hybridized carbons (Fsp3) is 0.462. The normalized spacial score (nSPS) is 14.8. The first kappa shape index (κ1) is 11.8. The summed E-state index contributed by atoms with van der Waals surface area (Å²) in [5, 5.41) is 0. The van der Waals surface area contributed by atoms with Gasteiger partial charge in [-0.05, 0) is 38.8 Å². The lowest BCUT2D eigenvalue weighted by Crippen LogP contribution is -2.14. The lowest BCUT2D eigenvalue weighted by Gasteiger charge is -2.13. The van der Waals surface area contributed by atoms with Crippen LogP contribution in [0.4, 0.5) is 0 Å². The van der Waals surface area contributed by atoms with Gasteiger partial charge in [0.15, 0.2) is 0 Å². The third kappa shape index (κ3) is 3.12. The van der Waals surface area contributed by atoms with Crippen LogP contribution in [0.1, 0.15) is 37.0 Å². The summed E-state index contributed by atoms with van der Waals surface area (Å²) >= 11 is 0. The van der Waals surface area contributed by atoms with E-state index in [0.29, 0.717) is 17.1 Å². The molecule has 1 aliphatic carbocycles. The molecule has 0 aliphatic heterocycles. The van der Waals surface area contributed by atoms with Crippen LogP contribution in [-0.4, -0.2) is 18.1 Å². The van der Waals surface area contributed by atoms with E-state index in [1.54, 1.807) is 18.2 Å². The molecule has 0 spiro atoms. The molecule has 1 aromatic rings. The topological polar surface area (TPSA) is 61.5 Å². The van der Waals surface area contributed by atoms with Crippen molar-refractivity contribution in [1.29, 1.82) is 0 Å². The first-order valence-electron chi connectivity index (χ1n) is 5.83. The van der Waals surface area contributed by atoms with E-state index in [4.69, 9.17) is 15.2 Å². The average Bonchev–Trinajstić information content (AvgIpc) is 3.00. The van der Waals surface area contributed by atoms with E-state index in [1.165, 1.54) is 0 Å². The van der Waals surface area contributed by atoms with Crippen molar-refractivity contribution in [2.45, 2.75) is 38.9 Å². The van der Waals surface area contributed by atoms with Gasteiger partial charge in [-0.15, -0.1) is 0 Å². The smallest absolute Gasteiger partial charge is 0.252 e. The maximum absolute atomic E-state index is 11.3. The van der Waals surface area contributed by atoms with Crippen LogP contribution in [0, 0.1) is 0 Å². The fourth-order valence-electron chi connectivity index (χ4n) is 1.51. The third-order valence-electron chi connectivity index (χ3n) is 2.41. The number of benzene rings is 1. The number of primary amides is 1. The van der Waals surface area contributed by atoms with Crippen LogP contribution in [0.5, 0.6) is 11.5 Å². The van der Waals surface area contributed by atoms with Gasteiger partial charge >= 0.3 is 0 Å². The van der Waals surface area contributed by atoms with Crippen molar-refractivity contribution in [2.24, 2.45) is 5.73 Å². The maximum atomic E-state index is 11.3. The SMILES string of the molecule is CC(C)Oc1ccc(C(N)=O)c(OC2CC2)c1. The Labute approximate surface area is 101 Å². The molecule has 0 atom stereocenters. The Hall–Kier alpha value is -1.71. The lowest BCUT2D eigenvalue weighted by atomic mass is 10.2. The van der Waals surface area contributed by atoms with Crippen LogP contribution >= 0.6 is 0 Å². The summed E-state index contributed by atoms with van der Waals surface area (Å²) in [4.78, 5) is 11.3. The van der Waals surface area contributed by atoms with Gasteiger partial charge < -0.3 is 15.2 Å². The van der Waals surface area contributed by atoms with Crippen LogP contribution in [0.25, 0.3) is 0 Å². The Morgan fingerprint density at radius 2 is 2.12 bits per heavy atom. The Morgan fingerprint density at radius 3 is 2.65 bits per heavy atom. The predicted octanol–water partition coefficient (Wildman–Crippen LogP) is 2.11. The Balaban J connectivity index is 2.24. The number of nitrogens with two attached hydrogens (primary N) is 1. The van der Waals surface area contributed by atoms with E-state index in [1.807, 2.05) is 13.8 Å². The summed E-state index contributed by atoms with van der Waals surface area (Å²) in [6.07, 6.45) is 2.38. The van der Waals surface area contributed by atoms with E-state index in [9.17, 15) is 4.79 Å². The number of ether oxygens (including phenoxy) is 2. The molecule has 2 N–H and O–H groups in total. The molecule has 0 radical (unpaired) electrons. The number of carbonyl (C=O) groups excluding carboxylic acids is 1. The molecule has 1 amide bonds. The van der Waals surface area contributed by atoms with E-state index in [2.05, 4.69) is 0 Å². The summed E-state index contributed by atoms with van der Waals surface area (Å²) in [6, 6.07) is 5.12. The first-order chi connectivity index (χ1) is 8.06. The second-order valence-electron chi connectivity index (χ2n) is 4.51. The molecule has 1 aliphatic rings. The van der Waals surface area contributed by atoms with Gasteiger partial charge in [-0.25, -0.2) is 0 Å². The molecule has 0 heterocycles. The second-order valence-corrected chi connectivity index (χ2v) is 4.51. The van der Waals surface area contributed by atoms with Gasteiger partial charge in [0.2, 0.25) is 0 Å². The summed E-state index contributed by atoms with van der Waals surface area (Å²) in [5.41, 5.74) is 5.71. The van der Waals surface area contributed by atoms with Gasteiger partial charge in [-0.3, -0.25) is 4.79 Å². The zero-order valence-electron chi connectivity index (χ0n) is 10.1. The van der Waals surface area contributed by atoms with Crippen molar-refractivity contribution in [2.75, 3.05) is 0 Å². The van der Waals surface area contributed by atoms with Crippen LogP contribution in [-0.2, 0) is 0 Å². The van der Waals surface area contributed by atoms with Crippen molar-refractivity contribution in [3.63, 3.8) is 0 Å². The number of hydrogen-bond donors (Lipinski definition) is 1. The van der Waals surface area contributed by atoms with Gasteiger partial charge in [0.25, 0.3) is 5.91 Å². The number of rotatable bonds is 5. The summed E-state index contributed by atoms with van der Waals surface area (Å²) in [5.74, 6) is 0.746. The molecule has 4 nitrogen and oxygen atoms in total. The van der Waals surface area contributed by atoms with Crippen LogP contribution in [0.2, 0.25) is 0 Å². The molecule has 92 valence electrons. The van der Waals surface area contributed by atoms with Gasteiger partial charge in [-0.1, -0.05) is 0 Å². The zero-order valence-corrected chi connectivity index (χ0v) is 10.1. The molecule has 2 rings (SSSR count). The van der Waals surface area contributed by atoms with Crippen LogP contribution < -0.4 is 15.2 Å². The maximum Gasteiger partial charge on any atom is 0.252 e. The summed E-state index contributed by atoms with van der Waals surface area (Å²) in [7, 11) is 0. The van der Waals surface area contributed by atoms with Crippen molar-refractivity contribution in [3.8, 4) is 11.5 Å². The molecule has 1 saturated carbocycles. The monoisotopic (exact) mass is 235 g/mol. The zero-order chi connectivity index (χ0) is 12.4. The van der Waals surface area contributed by atoms with Crippen LogP contribution in [0.15, 0.2) is 18.2 Å². The number of hydrogen-bond acceptors (Lipinski definition) is 3. The third-order valence-corrected chi connectivity index (χ3v) is 2.41. The highest BCUT2D eigenvalue weighted by atomic mass is 16.5. The van der Waals surface area contributed by atoms with Gasteiger partial charge in [0.1, 0.15) is 11.5 Å². The van der Waals surface area contributed by atoms with E-state index in [-0.39, 0.29) is 12.2 Å². The second kappa shape index (κ2) is 4.65. The molecule has 0 unspecified atom stereocenters. The highest BCUT2D eigenvalue weighted by molar-refractivity contribution is 5.95. The quantitative estimate of drug-likeness (QED) is 0.850. The van der Waals surface area contributed by atoms with Gasteiger partial charge in [-0.2, -0.15) is 0 Å². The molecular formula is C13H17NO3. The minimum absolute atomic E-state index is 0.0863. The van der Waals surface area contributed by atoms with Crippen molar-refractivity contribution in [3.05, 3.63) is 23.8 Å². The minimum Gasteiger partial charge on any atom is -0.491 e. The highest BCUT2D eigenvalue weighted by Crippen LogP contribution is 2.32. The first-order valence-corrected chi connectivity index (χ1v) is 5.83. The number of amides is 1. The van der Waals surface area contributed by atoms with Crippen molar-refractivity contribution < 1.29 is 14.3 Å². The van der Waals surface area contributed by atoms with E-state index in [0.717, 1.165) is 12.8 Å². The molecule has 0 aromatic heterocycles. The molecule has 4 heteroatoms. The molecule has 1 aromatic carbocycles. The lowest BCUT2D eigenvalue weighted by molar-refractivity contribution is 0.0996. The molecular weight excluding hydrogens is 218 g/mol. The standard InChI is InChI=1S/C13H17NO3/c1-8(2)16-10-5-6-11(13(14)15)12(7-10)17-9-3-4-9/h5-9H,3-4H2,1-2H3,(H2,14,15). The average molecular weight is 235 g/mol. The van der Waals surface area contributed by atoms with Crippen LogP contribution in [0.3, 0.4) is 0 Å². The molecule has 0 saturated heterocycles. The molecule has 1 fully saturated rings.